The van der Waals surface area contributed by atoms with Gasteiger partial charge >= 0.3 is 6.18 Å². The summed E-state index contributed by atoms with van der Waals surface area (Å²) in [5.74, 6) is -1.02. The average molecular weight is 635 g/mol. The van der Waals surface area contributed by atoms with Crippen LogP contribution in [0.4, 0.5) is 23.9 Å². The molecule has 0 spiro atoms. The van der Waals surface area contributed by atoms with E-state index in [1.165, 1.54) is 17.4 Å². The first kappa shape index (κ1) is 29.9. The first-order chi connectivity index (χ1) is 21.7. The lowest BCUT2D eigenvalue weighted by molar-refractivity contribution is -0.141. The molecule has 2 aliphatic rings. The van der Waals surface area contributed by atoms with Gasteiger partial charge in [-0.25, -0.2) is 9.98 Å². The third-order valence-electron chi connectivity index (χ3n) is 6.85. The number of hydrogen-bond acceptors (Lipinski definition) is 10. The lowest BCUT2D eigenvalue weighted by atomic mass is 10.0. The quantitative estimate of drug-likeness (QED) is 0.216. The van der Waals surface area contributed by atoms with E-state index in [4.69, 9.17) is 20.6 Å². The summed E-state index contributed by atoms with van der Waals surface area (Å²) < 4.78 is 50.2. The van der Waals surface area contributed by atoms with Crippen molar-refractivity contribution in [3.63, 3.8) is 0 Å². The summed E-state index contributed by atoms with van der Waals surface area (Å²) in [6, 6.07) is 18.2. The minimum atomic E-state index is -4.58. The van der Waals surface area contributed by atoms with Crippen molar-refractivity contribution in [2.24, 2.45) is 15.7 Å². The molecule has 2 aromatic carbocycles. The van der Waals surface area contributed by atoms with E-state index in [0.29, 0.717) is 58.8 Å². The van der Waals surface area contributed by atoms with Crippen LogP contribution >= 0.6 is 11.3 Å². The fourth-order valence-corrected chi connectivity index (χ4v) is 5.82. The van der Waals surface area contributed by atoms with Gasteiger partial charge in [-0.3, -0.25) is 15.2 Å². The number of aliphatic imine (C=N–C) groups is 2. The van der Waals surface area contributed by atoms with Gasteiger partial charge in [-0.2, -0.15) is 18.2 Å². The molecule has 0 bridgehead atoms. The van der Waals surface area contributed by atoms with Crippen molar-refractivity contribution >= 4 is 45.6 Å². The van der Waals surface area contributed by atoms with Crippen LogP contribution in [-0.2, 0) is 20.4 Å². The van der Waals surface area contributed by atoms with Crippen LogP contribution in [0.3, 0.4) is 0 Å². The SMILES string of the molecule is N=C(OC(N)=N[C@H]1N=C(c2ccccc2)c2ccccc2NC1=O)c1nc(-c2ccc(C(F)(F)F)nc2)sc1N1CCOCC1. The van der Waals surface area contributed by atoms with E-state index < -0.39 is 35.9 Å². The summed E-state index contributed by atoms with van der Waals surface area (Å²) in [4.78, 5) is 31.9. The maximum Gasteiger partial charge on any atom is 0.433 e. The highest BCUT2D eigenvalue weighted by Gasteiger charge is 2.33. The van der Waals surface area contributed by atoms with Crippen molar-refractivity contribution in [2.75, 3.05) is 36.5 Å². The molecule has 0 saturated carbocycles. The molecule has 4 heterocycles. The molecule has 45 heavy (non-hydrogen) atoms. The number of carbonyl (C=O) groups excluding carboxylic acids is 1. The molecule has 2 aliphatic heterocycles. The maximum absolute atomic E-state index is 13.2. The Morgan fingerprint density at radius 2 is 1.80 bits per heavy atom. The van der Waals surface area contributed by atoms with Crippen molar-refractivity contribution in [1.82, 2.24) is 9.97 Å². The summed E-state index contributed by atoms with van der Waals surface area (Å²) in [6.45, 7) is 1.87. The highest BCUT2D eigenvalue weighted by Crippen LogP contribution is 2.36. The Hall–Kier alpha value is -5.15. The number of hydrogen-bond donors (Lipinski definition) is 3. The number of nitrogens with zero attached hydrogens (tertiary/aromatic N) is 5. The molecular weight excluding hydrogens is 609 g/mol. The molecule has 1 saturated heterocycles. The van der Waals surface area contributed by atoms with Crippen molar-refractivity contribution < 1.29 is 27.4 Å². The van der Waals surface area contributed by atoms with Crippen molar-refractivity contribution in [3.8, 4) is 10.6 Å². The number of halogens is 3. The van der Waals surface area contributed by atoms with Crippen molar-refractivity contribution in [3.05, 3.63) is 95.4 Å². The number of pyridine rings is 1. The molecule has 15 heteroatoms. The van der Waals surface area contributed by atoms with Gasteiger partial charge in [0.05, 0.1) is 24.6 Å². The number of morpholine rings is 1. The van der Waals surface area contributed by atoms with Crippen LogP contribution in [0.25, 0.3) is 10.6 Å². The molecular formula is C30H25F3N8O3S. The molecule has 1 atom stereocenters. The van der Waals surface area contributed by atoms with E-state index in [1.807, 2.05) is 47.4 Å². The number of carbonyl (C=O) groups is 1. The van der Waals surface area contributed by atoms with E-state index >= 15 is 0 Å². The number of fused-ring (bicyclic) bond motifs is 1. The number of aromatic nitrogens is 2. The fourth-order valence-electron chi connectivity index (χ4n) is 4.71. The van der Waals surface area contributed by atoms with E-state index in [2.05, 4.69) is 25.3 Å². The highest BCUT2D eigenvalue weighted by molar-refractivity contribution is 7.19. The lowest BCUT2D eigenvalue weighted by Crippen LogP contribution is -2.37. The number of rotatable bonds is 5. The number of para-hydroxylation sites is 1. The largest absolute Gasteiger partial charge is 0.433 e. The molecule has 1 amide bonds. The number of alkyl halides is 3. The van der Waals surface area contributed by atoms with Gasteiger partial charge < -0.3 is 25.4 Å². The summed E-state index contributed by atoms with van der Waals surface area (Å²) >= 11 is 1.17. The number of benzene rings is 2. The number of benzodiazepines with no additional fused rings is 1. The Balaban J connectivity index is 1.30. The van der Waals surface area contributed by atoms with Crippen molar-refractivity contribution in [2.45, 2.75) is 12.3 Å². The van der Waals surface area contributed by atoms with Crippen LogP contribution in [0.15, 0.2) is 82.9 Å². The molecule has 1 fully saturated rings. The molecule has 4 N–H and O–H groups in total. The van der Waals surface area contributed by atoms with Crippen LogP contribution in [0.5, 0.6) is 0 Å². The monoisotopic (exact) mass is 634 g/mol. The minimum absolute atomic E-state index is 0.0983. The zero-order valence-electron chi connectivity index (χ0n) is 23.4. The predicted molar refractivity (Wildman–Crippen MR) is 164 cm³/mol. The number of nitrogens with one attached hydrogen (secondary N) is 2. The van der Waals surface area contributed by atoms with Crippen LogP contribution in [0.2, 0.25) is 0 Å². The van der Waals surface area contributed by atoms with E-state index in [-0.39, 0.29) is 5.69 Å². The molecule has 6 rings (SSSR count). The normalized spacial score (nSPS) is 17.2. The Kier molecular flexibility index (Phi) is 8.28. The van der Waals surface area contributed by atoms with Crippen LogP contribution < -0.4 is 16.0 Å². The molecule has 4 aromatic rings. The van der Waals surface area contributed by atoms with Crippen LogP contribution in [0.1, 0.15) is 22.5 Å². The summed E-state index contributed by atoms with van der Waals surface area (Å²) in [5, 5.41) is 12.4. The summed E-state index contributed by atoms with van der Waals surface area (Å²) in [6.07, 6.45) is -4.83. The first-order valence-corrected chi connectivity index (χ1v) is 14.5. The van der Waals surface area contributed by atoms with E-state index in [1.54, 1.807) is 12.1 Å². The predicted octanol–water partition coefficient (Wildman–Crippen LogP) is 4.53. The van der Waals surface area contributed by atoms with Gasteiger partial charge in [0.25, 0.3) is 11.9 Å². The number of nitrogens with two attached hydrogens (primary N) is 1. The number of anilines is 2. The van der Waals surface area contributed by atoms with Gasteiger partial charge in [0, 0.05) is 36.0 Å². The van der Waals surface area contributed by atoms with Gasteiger partial charge in [0.15, 0.2) is 5.69 Å². The van der Waals surface area contributed by atoms with Crippen molar-refractivity contribution in [1.29, 1.82) is 5.41 Å². The zero-order valence-corrected chi connectivity index (χ0v) is 24.2. The minimum Gasteiger partial charge on any atom is -0.405 e. The molecule has 0 unspecified atom stereocenters. The second-order valence-electron chi connectivity index (χ2n) is 9.85. The Bertz CT molecular complexity index is 1790. The Morgan fingerprint density at radius 1 is 1.07 bits per heavy atom. The van der Waals surface area contributed by atoms with E-state index in [0.717, 1.165) is 17.8 Å². The standard InChI is InChI=1S/C30H25F3N8O3S/c31-30(32,33)21-11-10-18(16-36-21)27-39-23(28(45-27)41-12-14-43-15-13-41)24(34)44-29(35)40-25-26(42)37-20-9-5-4-8-19(20)22(38-25)17-6-2-1-3-7-17/h1-11,16,25,34H,12-15H2,(H2,35,40)(H,37,42)/t25-/m1/s1. The van der Waals surface area contributed by atoms with Crippen LogP contribution in [-0.4, -0.2) is 66.0 Å². The molecule has 0 aliphatic carbocycles. The second kappa shape index (κ2) is 12.5. The average Bonchev–Trinajstić information content (AvgIpc) is 3.44. The lowest BCUT2D eigenvalue weighted by Gasteiger charge is -2.27. The number of amidine groups is 1. The molecule has 11 nitrogen and oxygen atoms in total. The van der Waals surface area contributed by atoms with Gasteiger partial charge in [-0.1, -0.05) is 59.9 Å². The molecule has 0 radical (unpaired) electrons. The maximum atomic E-state index is 13.2. The number of amides is 1. The third kappa shape index (κ3) is 6.53. The fraction of sp³-hybridized carbons (Fsp3) is 0.200. The first-order valence-electron chi connectivity index (χ1n) is 13.7. The van der Waals surface area contributed by atoms with E-state index in [9.17, 15) is 18.0 Å². The number of thiazole rings is 1. The summed E-state index contributed by atoms with van der Waals surface area (Å²) in [5.41, 5.74) is 8.05. The van der Waals surface area contributed by atoms with Crippen LogP contribution in [0, 0.1) is 5.41 Å². The van der Waals surface area contributed by atoms with Gasteiger partial charge in [-0.05, 0) is 18.2 Å². The molecule has 230 valence electrons. The second-order valence-corrected chi connectivity index (χ2v) is 10.8. The molecule has 2 aromatic heterocycles. The Labute approximate surface area is 258 Å². The number of ether oxygens (including phenoxy) is 2. The third-order valence-corrected chi connectivity index (χ3v) is 8.02. The topological polar surface area (TPSA) is 151 Å². The van der Waals surface area contributed by atoms with Gasteiger partial charge in [0.2, 0.25) is 12.1 Å². The smallest absolute Gasteiger partial charge is 0.405 e. The Morgan fingerprint density at radius 3 is 2.51 bits per heavy atom. The van der Waals surface area contributed by atoms with Gasteiger partial charge in [-0.15, -0.1) is 0 Å². The zero-order chi connectivity index (χ0) is 31.6. The van der Waals surface area contributed by atoms with Gasteiger partial charge in [0.1, 0.15) is 15.7 Å². The highest BCUT2D eigenvalue weighted by atomic mass is 32.1. The summed E-state index contributed by atoms with van der Waals surface area (Å²) in [7, 11) is 0.